The van der Waals surface area contributed by atoms with Gasteiger partial charge in [0.1, 0.15) is 12.6 Å². The van der Waals surface area contributed by atoms with Gasteiger partial charge in [0, 0.05) is 18.9 Å². The van der Waals surface area contributed by atoms with Crippen molar-refractivity contribution < 1.29 is 33.3 Å². The molecule has 37 heavy (non-hydrogen) atoms. The van der Waals surface area contributed by atoms with Crippen molar-refractivity contribution in [3.63, 3.8) is 0 Å². The fourth-order valence-corrected chi connectivity index (χ4v) is 5.22. The van der Waals surface area contributed by atoms with Crippen molar-refractivity contribution in [2.24, 2.45) is 5.92 Å². The highest BCUT2D eigenvalue weighted by Crippen LogP contribution is 2.30. The van der Waals surface area contributed by atoms with Gasteiger partial charge in [-0.15, -0.1) is 0 Å². The maximum absolute atomic E-state index is 13.0. The number of phosphoric ester groups is 1. The highest BCUT2D eigenvalue weighted by Gasteiger charge is 2.22. The number of nitrogens with zero attached hydrogens (tertiary/aromatic N) is 1. The summed E-state index contributed by atoms with van der Waals surface area (Å²) in [6.45, 7) is 5.59. The molecule has 0 aliphatic carbocycles. The smallest absolute Gasteiger partial charge is 0.265 e. The SMILES string of the molecule is CCCCCCCCCCC(CCCCCCCC)C(=O)NCCC[N+](C)(C)CC(O)COP(=O)([O-])O. The molecule has 0 saturated carbocycles. The van der Waals surface area contributed by atoms with Gasteiger partial charge < -0.3 is 29.2 Å². The number of likely N-dealkylation sites (N-methyl/N-ethyl adjacent to an activating group) is 1. The van der Waals surface area contributed by atoms with E-state index in [2.05, 4.69) is 23.7 Å². The van der Waals surface area contributed by atoms with Gasteiger partial charge in [-0.1, -0.05) is 104 Å². The highest BCUT2D eigenvalue weighted by atomic mass is 31.2. The van der Waals surface area contributed by atoms with Crippen LogP contribution < -0.4 is 10.2 Å². The normalized spacial score (nSPS) is 15.3. The predicted octanol–water partition coefficient (Wildman–Crippen LogP) is 5.30. The summed E-state index contributed by atoms with van der Waals surface area (Å²) in [6.07, 6.45) is 19.3. The van der Waals surface area contributed by atoms with E-state index in [4.69, 9.17) is 4.89 Å². The van der Waals surface area contributed by atoms with Crippen LogP contribution in [0.25, 0.3) is 0 Å². The van der Waals surface area contributed by atoms with Crippen molar-refractivity contribution in [2.45, 2.75) is 129 Å². The number of phosphoric acid groups is 1. The van der Waals surface area contributed by atoms with Gasteiger partial charge in [-0.25, -0.2) is 0 Å². The maximum Gasteiger partial charge on any atom is 0.265 e. The van der Waals surface area contributed by atoms with Crippen LogP contribution in [0.3, 0.4) is 0 Å². The molecular formula is C28H59N2O6P. The number of nitrogens with one attached hydrogen (secondary N) is 1. The van der Waals surface area contributed by atoms with Gasteiger partial charge in [0.05, 0.1) is 27.2 Å². The Bertz CT molecular complexity index is 599. The zero-order chi connectivity index (χ0) is 28.0. The lowest BCUT2D eigenvalue weighted by Gasteiger charge is -2.32. The van der Waals surface area contributed by atoms with E-state index in [9.17, 15) is 19.4 Å². The minimum absolute atomic E-state index is 0.0917. The number of amides is 1. The van der Waals surface area contributed by atoms with E-state index < -0.39 is 20.5 Å². The zero-order valence-electron chi connectivity index (χ0n) is 24.4. The van der Waals surface area contributed by atoms with Gasteiger partial charge in [-0.3, -0.25) is 9.36 Å². The summed E-state index contributed by atoms with van der Waals surface area (Å²) in [4.78, 5) is 32.4. The van der Waals surface area contributed by atoms with Crippen LogP contribution in [0.15, 0.2) is 0 Å². The van der Waals surface area contributed by atoms with Crippen molar-refractivity contribution in [3.8, 4) is 0 Å². The quantitative estimate of drug-likeness (QED) is 0.0763. The lowest BCUT2D eigenvalue weighted by atomic mass is 9.93. The van der Waals surface area contributed by atoms with E-state index in [-0.39, 0.29) is 18.4 Å². The van der Waals surface area contributed by atoms with Crippen molar-refractivity contribution in [2.75, 3.05) is 40.3 Å². The fraction of sp³-hybridized carbons (Fsp3) is 0.964. The van der Waals surface area contributed by atoms with E-state index in [0.717, 1.165) is 32.1 Å². The molecule has 0 spiro atoms. The summed E-state index contributed by atoms with van der Waals surface area (Å²) in [5.74, 6) is 0.262. The van der Waals surface area contributed by atoms with Gasteiger partial charge in [-0.05, 0) is 12.8 Å². The summed E-state index contributed by atoms with van der Waals surface area (Å²) in [7, 11) is -0.961. The molecule has 3 unspecified atom stereocenters. The first-order chi connectivity index (χ1) is 17.5. The Morgan fingerprint density at radius 3 is 1.78 bits per heavy atom. The van der Waals surface area contributed by atoms with E-state index >= 15 is 0 Å². The molecule has 0 radical (unpaired) electrons. The Balaban J connectivity index is 4.39. The molecule has 8 nitrogen and oxygen atoms in total. The molecule has 9 heteroatoms. The van der Waals surface area contributed by atoms with Gasteiger partial charge in [0.25, 0.3) is 7.82 Å². The van der Waals surface area contributed by atoms with Gasteiger partial charge >= 0.3 is 0 Å². The number of quaternary nitrogens is 1. The van der Waals surface area contributed by atoms with Crippen LogP contribution in [0.2, 0.25) is 0 Å². The average Bonchev–Trinajstić information content (AvgIpc) is 2.82. The molecule has 0 heterocycles. The largest absolute Gasteiger partial charge is 0.756 e. The second-order valence-electron chi connectivity index (χ2n) is 11.4. The third kappa shape index (κ3) is 24.3. The number of carbonyl (C=O) groups excluding carboxylic acids is 1. The Hall–Kier alpha value is -0.500. The first-order valence-electron chi connectivity index (χ1n) is 15.0. The van der Waals surface area contributed by atoms with E-state index in [1.165, 1.54) is 77.0 Å². The number of aliphatic hydroxyl groups excluding tert-OH is 1. The van der Waals surface area contributed by atoms with Gasteiger partial charge in [0.2, 0.25) is 5.91 Å². The maximum atomic E-state index is 13.0. The first kappa shape index (κ1) is 36.5. The Kier molecular flexibility index (Phi) is 22.0. The minimum Gasteiger partial charge on any atom is -0.756 e. The molecule has 0 rings (SSSR count). The monoisotopic (exact) mass is 550 g/mol. The number of carbonyl (C=O) groups is 1. The number of aliphatic hydroxyl groups is 1. The Morgan fingerprint density at radius 2 is 1.32 bits per heavy atom. The third-order valence-electron chi connectivity index (χ3n) is 7.06. The molecule has 3 N–H and O–H groups in total. The van der Waals surface area contributed by atoms with Crippen molar-refractivity contribution in [3.05, 3.63) is 0 Å². The Labute approximate surface area is 227 Å². The second-order valence-corrected chi connectivity index (χ2v) is 12.6. The lowest BCUT2D eigenvalue weighted by Crippen LogP contribution is -2.48. The predicted molar refractivity (Wildman–Crippen MR) is 150 cm³/mol. The summed E-state index contributed by atoms with van der Waals surface area (Å²) in [5, 5.41) is 13.2. The van der Waals surface area contributed by atoms with E-state index in [1.807, 2.05) is 14.1 Å². The molecule has 3 atom stereocenters. The fourth-order valence-electron chi connectivity index (χ4n) is 4.86. The summed E-state index contributed by atoms with van der Waals surface area (Å²) in [6, 6.07) is 0. The van der Waals surface area contributed by atoms with Gasteiger partial charge in [-0.2, -0.15) is 0 Å². The molecule has 0 saturated heterocycles. The van der Waals surface area contributed by atoms with Crippen LogP contribution in [0.1, 0.15) is 123 Å². The van der Waals surface area contributed by atoms with Crippen LogP contribution in [0, 0.1) is 5.92 Å². The molecule has 0 aromatic carbocycles. The standard InChI is InChI=1S/C28H59N2O6P/c1-5-7-9-11-13-14-16-18-21-26(20-17-15-12-10-8-6-2)28(32)29-22-19-23-30(3,4)24-27(31)25-36-37(33,34)35/h26-27,31H,5-25H2,1-4H3,(H2-,29,32,33,34,35). The van der Waals surface area contributed by atoms with Crippen molar-refractivity contribution in [1.82, 2.24) is 5.32 Å². The number of unbranched alkanes of at least 4 members (excludes halogenated alkanes) is 12. The zero-order valence-corrected chi connectivity index (χ0v) is 25.3. The van der Waals surface area contributed by atoms with Crippen LogP contribution in [0.4, 0.5) is 0 Å². The number of rotatable bonds is 26. The summed E-state index contributed by atoms with van der Waals surface area (Å²) in [5.41, 5.74) is 0. The third-order valence-corrected chi connectivity index (χ3v) is 7.53. The molecule has 0 aromatic rings. The number of hydrogen-bond donors (Lipinski definition) is 3. The lowest BCUT2D eigenvalue weighted by molar-refractivity contribution is -0.893. The molecule has 222 valence electrons. The molecule has 0 bridgehead atoms. The molecule has 0 aliphatic heterocycles. The van der Waals surface area contributed by atoms with Crippen LogP contribution in [0.5, 0.6) is 0 Å². The van der Waals surface area contributed by atoms with Crippen LogP contribution in [-0.2, 0) is 13.9 Å². The van der Waals surface area contributed by atoms with Crippen molar-refractivity contribution in [1.29, 1.82) is 0 Å². The van der Waals surface area contributed by atoms with Crippen LogP contribution >= 0.6 is 7.82 Å². The number of hydrogen-bond acceptors (Lipinski definition) is 5. The first-order valence-corrected chi connectivity index (χ1v) is 16.5. The molecule has 0 aromatic heterocycles. The average molecular weight is 551 g/mol. The second kappa shape index (κ2) is 22.3. The summed E-state index contributed by atoms with van der Waals surface area (Å²) >= 11 is 0. The molecule has 0 fully saturated rings. The minimum atomic E-state index is -4.83. The van der Waals surface area contributed by atoms with Gasteiger partial charge in [0.15, 0.2) is 0 Å². The molecular weight excluding hydrogens is 491 g/mol. The topological polar surface area (TPSA) is 119 Å². The van der Waals surface area contributed by atoms with Crippen LogP contribution in [-0.4, -0.2) is 66.8 Å². The summed E-state index contributed by atoms with van der Waals surface area (Å²) < 4.78 is 15.4. The van der Waals surface area contributed by atoms with Crippen molar-refractivity contribution >= 4 is 13.7 Å². The highest BCUT2D eigenvalue weighted by molar-refractivity contribution is 7.44. The van der Waals surface area contributed by atoms with E-state index in [1.54, 1.807) is 0 Å². The van der Waals surface area contributed by atoms with E-state index in [0.29, 0.717) is 17.6 Å². The molecule has 0 aliphatic rings. The molecule has 1 amide bonds. The Morgan fingerprint density at radius 1 is 0.865 bits per heavy atom.